The van der Waals surface area contributed by atoms with E-state index >= 15 is 0 Å². The van der Waals surface area contributed by atoms with E-state index in [0.717, 1.165) is 13.0 Å². The van der Waals surface area contributed by atoms with Crippen molar-refractivity contribution in [3.05, 3.63) is 0 Å². The van der Waals surface area contributed by atoms with E-state index in [4.69, 9.17) is 11.6 Å². The molecular formula is C10H19ClN2O. The Morgan fingerprint density at radius 1 is 1.50 bits per heavy atom. The van der Waals surface area contributed by atoms with Crippen molar-refractivity contribution in [1.82, 2.24) is 10.2 Å². The molecule has 1 aliphatic rings. The predicted molar refractivity (Wildman–Crippen MR) is 58.6 cm³/mol. The number of carbonyl (C=O) groups is 1. The van der Waals surface area contributed by atoms with E-state index in [-0.39, 0.29) is 22.9 Å². The van der Waals surface area contributed by atoms with Gasteiger partial charge in [-0.2, -0.15) is 0 Å². The molecule has 0 aromatic carbocycles. The molecule has 1 heterocycles. The molecule has 0 radical (unpaired) electrons. The van der Waals surface area contributed by atoms with Crippen LogP contribution >= 0.6 is 11.6 Å². The number of carbonyl (C=O) groups excluding carboxylic acids is 1. The van der Waals surface area contributed by atoms with E-state index in [9.17, 15) is 4.79 Å². The first-order valence-corrected chi connectivity index (χ1v) is 5.39. The van der Waals surface area contributed by atoms with Gasteiger partial charge in [-0.15, -0.1) is 11.6 Å². The van der Waals surface area contributed by atoms with Gasteiger partial charge in [0.2, 0.25) is 5.91 Å². The summed E-state index contributed by atoms with van der Waals surface area (Å²) in [7, 11) is 1.94. The normalized spacial score (nSPS) is 29.2. The Bertz CT molecular complexity index is 225. The van der Waals surface area contributed by atoms with Crippen molar-refractivity contribution < 1.29 is 4.79 Å². The van der Waals surface area contributed by atoms with Crippen LogP contribution in [0.25, 0.3) is 0 Å². The summed E-state index contributed by atoms with van der Waals surface area (Å²) in [4.78, 5) is 13.8. The van der Waals surface area contributed by atoms with Crippen LogP contribution in [-0.2, 0) is 4.79 Å². The fourth-order valence-corrected chi connectivity index (χ4v) is 2.08. The average molecular weight is 219 g/mol. The van der Waals surface area contributed by atoms with Crippen molar-refractivity contribution >= 4 is 17.5 Å². The summed E-state index contributed by atoms with van der Waals surface area (Å²) >= 11 is 6.00. The van der Waals surface area contributed by atoms with Crippen molar-refractivity contribution in [3.8, 4) is 0 Å². The second-order valence-corrected chi connectivity index (χ2v) is 5.64. The summed E-state index contributed by atoms with van der Waals surface area (Å²) in [6, 6.07) is -0.0586. The molecule has 1 N–H and O–H groups in total. The molecule has 0 spiro atoms. The van der Waals surface area contributed by atoms with Crippen molar-refractivity contribution in [2.45, 2.75) is 44.1 Å². The molecule has 0 aromatic heterocycles. The maximum Gasteiger partial charge on any atom is 0.237 e. The summed E-state index contributed by atoms with van der Waals surface area (Å²) in [5.74, 6) is 0.0863. The van der Waals surface area contributed by atoms with Gasteiger partial charge in [-0.3, -0.25) is 9.69 Å². The van der Waals surface area contributed by atoms with Gasteiger partial charge in [0, 0.05) is 17.5 Å². The standard InChI is InChI=1S/C10H19ClN2O/c1-10(2,3)12-9(14)8-5-7(11)6-13(8)4/h7-8H,5-6H2,1-4H3,(H,12,14)/t7-,8-/m0/s1. The van der Waals surface area contributed by atoms with Crippen LogP contribution < -0.4 is 5.32 Å². The zero-order valence-electron chi connectivity index (χ0n) is 9.30. The van der Waals surface area contributed by atoms with Crippen LogP contribution in [0.15, 0.2) is 0 Å². The lowest BCUT2D eigenvalue weighted by atomic mass is 10.1. The first kappa shape index (κ1) is 11.8. The number of halogens is 1. The van der Waals surface area contributed by atoms with Gasteiger partial charge >= 0.3 is 0 Å². The van der Waals surface area contributed by atoms with Crippen molar-refractivity contribution in [3.63, 3.8) is 0 Å². The molecule has 3 nitrogen and oxygen atoms in total. The molecule has 2 atom stereocenters. The van der Waals surface area contributed by atoms with E-state index in [1.54, 1.807) is 0 Å². The van der Waals surface area contributed by atoms with E-state index in [1.165, 1.54) is 0 Å². The van der Waals surface area contributed by atoms with Crippen molar-refractivity contribution in [2.24, 2.45) is 0 Å². The summed E-state index contributed by atoms with van der Waals surface area (Å²) in [6.45, 7) is 6.75. The van der Waals surface area contributed by atoms with Gasteiger partial charge in [-0.05, 0) is 34.2 Å². The molecule has 0 unspecified atom stereocenters. The van der Waals surface area contributed by atoms with Crippen LogP contribution in [0.2, 0.25) is 0 Å². The molecule has 4 heteroatoms. The Kier molecular flexibility index (Phi) is 3.43. The second kappa shape index (κ2) is 4.07. The summed E-state index contributed by atoms with van der Waals surface area (Å²) in [5.41, 5.74) is -0.164. The van der Waals surface area contributed by atoms with E-state index in [2.05, 4.69) is 5.32 Å². The molecule has 0 aliphatic carbocycles. The minimum atomic E-state index is -0.164. The van der Waals surface area contributed by atoms with Crippen LogP contribution in [0, 0.1) is 0 Å². The first-order chi connectivity index (χ1) is 6.29. The maximum absolute atomic E-state index is 11.8. The minimum Gasteiger partial charge on any atom is -0.350 e. The Hall–Kier alpha value is -0.280. The molecule has 1 fully saturated rings. The maximum atomic E-state index is 11.8. The van der Waals surface area contributed by atoms with E-state index in [1.807, 2.05) is 32.7 Å². The molecule has 0 saturated carbocycles. The largest absolute Gasteiger partial charge is 0.350 e. The molecule has 82 valence electrons. The van der Waals surface area contributed by atoms with Gasteiger partial charge in [0.1, 0.15) is 0 Å². The molecule has 14 heavy (non-hydrogen) atoms. The van der Waals surface area contributed by atoms with Gasteiger partial charge < -0.3 is 5.32 Å². The number of alkyl halides is 1. The summed E-state index contributed by atoms with van der Waals surface area (Å²) in [6.07, 6.45) is 0.750. The molecule has 1 rings (SSSR count). The van der Waals surface area contributed by atoms with Crippen LogP contribution in [-0.4, -0.2) is 41.4 Å². The number of hydrogen-bond acceptors (Lipinski definition) is 2. The van der Waals surface area contributed by atoms with E-state index < -0.39 is 0 Å². The quantitative estimate of drug-likeness (QED) is 0.672. The number of nitrogens with one attached hydrogen (secondary N) is 1. The van der Waals surface area contributed by atoms with Crippen LogP contribution in [0.3, 0.4) is 0 Å². The van der Waals surface area contributed by atoms with Crippen LogP contribution in [0.4, 0.5) is 0 Å². The SMILES string of the molecule is CN1C[C@@H](Cl)C[C@H]1C(=O)NC(C)(C)C. The molecule has 1 amide bonds. The van der Waals surface area contributed by atoms with Gasteiger partial charge in [-0.25, -0.2) is 0 Å². The number of likely N-dealkylation sites (N-methyl/N-ethyl adjacent to an activating group) is 1. The van der Waals surface area contributed by atoms with Gasteiger partial charge in [0.05, 0.1) is 6.04 Å². The molecule has 1 aliphatic heterocycles. The predicted octanol–water partition coefficient (Wildman–Crippen LogP) is 1.21. The third-order valence-corrected chi connectivity index (χ3v) is 2.61. The first-order valence-electron chi connectivity index (χ1n) is 4.96. The molecule has 1 saturated heterocycles. The van der Waals surface area contributed by atoms with Crippen molar-refractivity contribution in [2.75, 3.05) is 13.6 Å². The zero-order chi connectivity index (χ0) is 10.9. The van der Waals surface area contributed by atoms with Gasteiger partial charge in [0.15, 0.2) is 0 Å². The highest BCUT2D eigenvalue weighted by Crippen LogP contribution is 2.20. The highest BCUT2D eigenvalue weighted by atomic mass is 35.5. The van der Waals surface area contributed by atoms with E-state index in [0.29, 0.717) is 0 Å². The Morgan fingerprint density at radius 2 is 2.07 bits per heavy atom. The average Bonchev–Trinajstić information content (AvgIpc) is 2.26. The van der Waals surface area contributed by atoms with Crippen LogP contribution in [0.1, 0.15) is 27.2 Å². The number of rotatable bonds is 1. The molecule has 0 aromatic rings. The zero-order valence-corrected chi connectivity index (χ0v) is 10.1. The smallest absolute Gasteiger partial charge is 0.237 e. The third-order valence-electron chi connectivity index (χ3n) is 2.30. The van der Waals surface area contributed by atoms with Gasteiger partial charge in [-0.1, -0.05) is 0 Å². The fraction of sp³-hybridized carbons (Fsp3) is 0.900. The third kappa shape index (κ3) is 3.14. The van der Waals surface area contributed by atoms with Gasteiger partial charge in [0.25, 0.3) is 0 Å². The minimum absolute atomic E-state index is 0.0586. The topological polar surface area (TPSA) is 32.3 Å². The lowest BCUT2D eigenvalue weighted by Crippen LogP contribution is -2.49. The lowest BCUT2D eigenvalue weighted by Gasteiger charge is -2.25. The summed E-state index contributed by atoms with van der Waals surface area (Å²) < 4.78 is 0. The number of likely N-dealkylation sites (tertiary alicyclic amines) is 1. The fourth-order valence-electron chi connectivity index (χ4n) is 1.70. The van der Waals surface area contributed by atoms with Crippen LogP contribution in [0.5, 0.6) is 0 Å². The number of amides is 1. The lowest BCUT2D eigenvalue weighted by molar-refractivity contribution is -0.126. The second-order valence-electron chi connectivity index (χ2n) is 5.03. The number of nitrogens with zero attached hydrogens (tertiary/aromatic N) is 1. The monoisotopic (exact) mass is 218 g/mol. The highest BCUT2D eigenvalue weighted by Gasteiger charge is 2.34. The Morgan fingerprint density at radius 3 is 2.43 bits per heavy atom. The molecular weight excluding hydrogens is 200 g/mol. The Labute approximate surface area is 90.8 Å². The molecule has 0 bridgehead atoms. The Balaban J connectivity index is 2.53. The summed E-state index contributed by atoms with van der Waals surface area (Å²) in [5, 5.41) is 3.08. The van der Waals surface area contributed by atoms with Crippen molar-refractivity contribution in [1.29, 1.82) is 0 Å². The highest BCUT2D eigenvalue weighted by molar-refractivity contribution is 6.21. The number of hydrogen-bond donors (Lipinski definition) is 1.